The molecule has 0 saturated carbocycles. The van der Waals surface area contributed by atoms with Crippen molar-refractivity contribution < 1.29 is 9.15 Å². The second-order valence-electron chi connectivity index (χ2n) is 6.54. The molecule has 0 radical (unpaired) electrons. The van der Waals surface area contributed by atoms with Crippen molar-refractivity contribution >= 4 is 29.9 Å². The topological polar surface area (TPSA) is 71.7 Å². The molecule has 24 heavy (non-hydrogen) atoms. The maximum absolute atomic E-state index is 5.75. The summed E-state index contributed by atoms with van der Waals surface area (Å²) in [7, 11) is 1.75. The van der Waals surface area contributed by atoms with Crippen LogP contribution in [0.15, 0.2) is 15.6 Å². The van der Waals surface area contributed by atoms with Gasteiger partial charge in [-0.1, -0.05) is 34.1 Å². The zero-order valence-electron chi connectivity index (χ0n) is 15.6. The fraction of sp³-hybridized carbons (Fsp3) is 0.765. The first kappa shape index (κ1) is 23.2. The Morgan fingerprint density at radius 1 is 1.25 bits per heavy atom. The van der Waals surface area contributed by atoms with Gasteiger partial charge >= 0.3 is 0 Å². The van der Waals surface area contributed by atoms with E-state index in [1.165, 1.54) is 6.42 Å². The maximum atomic E-state index is 5.75. The number of rotatable bonds is 9. The first-order valence-corrected chi connectivity index (χ1v) is 8.44. The smallest absolute Gasteiger partial charge is 0.213 e. The number of hydrogen-bond acceptors (Lipinski definition) is 4. The molecule has 6 nitrogen and oxygen atoms in total. The van der Waals surface area contributed by atoms with Crippen LogP contribution in [0.2, 0.25) is 0 Å². The highest BCUT2D eigenvalue weighted by molar-refractivity contribution is 14.0. The molecule has 1 aromatic heterocycles. The minimum absolute atomic E-state index is 0. The molecule has 7 heteroatoms. The Kier molecular flexibility index (Phi) is 12.1. The molecule has 0 aliphatic heterocycles. The van der Waals surface area contributed by atoms with E-state index in [2.05, 4.69) is 48.3 Å². The van der Waals surface area contributed by atoms with Gasteiger partial charge in [0.15, 0.2) is 5.96 Å². The van der Waals surface area contributed by atoms with Crippen molar-refractivity contribution in [1.82, 2.24) is 15.6 Å². The highest BCUT2D eigenvalue weighted by Gasteiger charge is 2.19. The Morgan fingerprint density at radius 2 is 1.96 bits per heavy atom. The van der Waals surface area contributed by atoms with Gasteiger partial charge in [0, 0.05) is 32.2 Å². The number of ether oxygens (including phenoxy) is 1. The second kappa shape index (κ2) is 12.5. The summed E-state index contributed by atoms with van der Waals surface area (Å²) in [4.78, 5) is 8.49. The highest BCUT2D eigenvalue weighted by Crippen LogP contribution is 2.22. The lowest BCUT2D eigenvalue weighted by molar-refractivity contribution is 0.129. The fourth-order valence-corrected chi connectivity index (χ4v) is 1.85. The Labute approximate surface area is 163 Å². The van der Waals surface area contributed by atoms with Crippen molar-refractivity contribution in [1.29, 1.82) is 0 Å². The van der Waals surface area contributed by atoms with Gasteiger partial charge in [0.2, 0.25) is 5.89 Å². The van der Waals surface area contributed by atoms with Crippen LogP contribution < -0.4 is 10.6 Å². The number of hydrogen-bond donors (Lipinski definition) is 2. The number of nitrogens with zero attached hydrogens (tertiary/aromatic N) is 2. The van der Waals surface area contributed by atoms with Gasteiger partial charge in [-0.25, -0.2) is 4.98 Å². The molecule has 0 aliphatic carbocycles. The summed E-state index contributed by atoms with van der Waals surface area (Å²) in [5.74, 6) is 2.30. The van der Waals surface area contributed by atoms with Crippen LogP contribution in [0, 0.1) is 0 Å². The summed E-state index contributed by atoms with van der Waals surface area (Å²) in [6, 6.07) is 0. The van der Waals surface area contributed by atoms with E-state index in [1.54, 1.807) is 13.2 Å². The largest absolute Gasteiger partial charge is 0.443 e. The van der Waals surface area contributed by atoms with Gasteiger partial charge in [0.25, 0.3) is 0 Å². The lowest BCUT2D eigenvalue weighted by Gasteiger charge is -2.13. The fourth-order valence-electron chi connectivity index (χ4n) is 1.85. The van der Waals surface area contributed by atoms with Gasteiger partial charge in [-0.05, 0) is 12.8 Å². The summed E-state index contributed by atoms with van der Waals surface area (Å²) in [6.07, 6.45) is 5.05. The molecule has 140 valence electrons. The normalized spacial score (nSPS) is 12.0. The number of nitrogens with one attached hydrogen (secondary N) is 2. The van der Waals surface area contributed by atoms with E-state index in [-0.39, 0.29) is 29.4 Å². The predicted molar refractivity (Wildman–Crippen MR) is 109 cm³/mol. The van der Waals surface area contributed by atoms with Gasteiger partial charge in [-0.15, -0.1) is 24.0 Å². The van der Waals surface area contributed by atoms with Gasteiger partial charge in [0.1, 0.15) is 5.76 Å². The van der Waals surface area contributed by atoms with E-state index in [0.717, 1.165) is 44.3 Å². The number of guanidine groups is 1. The van der Waals surface area contributed by atoms with Crippen LogP contribution in [0.5, 0.6) is 0 Å². The maximum Gasteiger partial charge on any atom is 0.213 e. The lowest BCUT2D eigenvalue weighted by atomic mass is 9.94. The molecule has 0 aliphatic rings. The quantitative estimate of drug-likeness (QED) is 0.260. The van der Waals surface area contributed by atoms with Gasteiger partial charge in [-0.3, -0.25) is 4.99 Å². The average Bonchev–Trinajstić information content (AvgIpc) is 2.98. The van der Waals surface area contributed by atoms with E-state index in [1.807, 2.05) is 0 Å². The molecule has 1 rings (SSSR count). The predicted octanol–water partition coefficient (Wildman–Crippen LogP) is 3.46. The molecule has 1 aromatic rings. The lowest BCUT2D eigenvalue weighted by Crippen LogP contribution is -2.37. The third kappa shape index (κ3) is 9.46. The number of aromatic nitrogens is 1. The van der Waals surface area contributed by atoms with E-state index >= 15 is 0 Å². The standard InChI is InChI=1S/C17H32N4O2.HI/c1-6-7-10-22-11-8-9-19-16(18-5)21-13-15-20-12-14(23-15)17(2,3)4;/h12H,6-11,13H2,1-5H3,(H2,18,19,21);1H. The minimum Gasteiger partial charge on any atom is -0.443 e. The number of aliphatic imine (C=N–C) groups is 1. The van der Waals surface area contributed by atoms with E-state index < -0.39 is 0 Å². The molecule has 0 fully saturated rings. The van der Waals surface area contributed by atoms with Crippen molar-refractivity contribution in [2.75, 3.05) is 26.8 Å². The third-order valence-corrected chi connectivity index (χ3v) is 3.32. The molecule has 0 bridgehead atoms. The molecule has 0 aromatic carbocycles. The van der Waals surface area contributed by atoms with Crippen LogP contribution in [0.4, 0.5) is 0 Å². The molecule has 0 saturated heterocycles. The summed E-state index contributed by atoms with van der Waals surface area (Å²) in [5.41, 5.74) is -0.0248. The van der Waals surface area contributed by atoms with Gasteiger partial charge < -0.3 is 19.8 Å². The third-order valence-electron chi connectivity index (χ3n) is 3.32. The van der Waals surface area contributed by atoms with E-state index in [9.17, 15) is 0 Å². The van der Waals surface area contributed by atoms with Crippen LogP contribution in [0.25, 0.3) is 0 Å². The number of unbranched alkanes of at least 4 members (excludes halogenated alkanes) is 1. The molecule has 0 amide bonds. The summed E-state index contributed by atoms with van der Waals surface area (Å²) in [6.45, 7) is 11.4. The van der Waals surface area contributed by atoms with E-state index in [0.29, 0.717) is 12.4 Å². The molecule has 1 heterocycles. The monoisotopic (exact) mass is 452 g/mol. The molecule has 2 N–H and O–H groups in total. The first-order chi connectivity index (χ1) is 11.0. The number of oxazole rings is 1. The van der Waals surface area contributed by atoms with Crippen LogP contribution in [-0.2, 0) is 16.7 Å². The summed E-state index contributed by atoms with van der Waals surface area (Å²) < 4.78 is 11.3. The minimum atomic E-state index is -0.0248. The molecule has 0 atom stereocenters. The Morgan fingerprint density at radius 3 is 2.54 bits per heavy atom. The molecule has 0 spiro atoms. The first-order valence-electron chi connectivity index (χ1n) is 8.44. The van der Waals surface area contributed by atoms with Crippen molar-refractivity contribution in [3.8, 4) is 0 Å². The van der Waals surface area contributed by atoms with Crippen LogP contribution >= 0.6 is 24.0 Å². The SMILES string of the molecule is CCCCOCCCNC(=NC)NCc1ncc(C(C)(C)C)o1.I. The number of halogens is 1. The molecule has 0 unspecified atom stereocenters. The average molecular weight is 452 g/mol. The zero-order valence-corrected chi connectivity index (χ0v) is 18.0. The van der Waals surface area contributed by atoms with Crippen LogP contribution in [0.1, 0.15) is 58.6 Å². The second-order valence-corrected chi connectivity index (χ2v) is 6.54. The Balaban J connectivity index is 0.00000529. The summed E-state index contributed by atoms with van der Waals surface area (Å²) >= 11 is 0. The van der Waals surface area contributed by atoms with Crippen LogP contribution in [-0.4, -0.2) is 37.7 Å². The van der Waals surface area contributed by atoms with Crippen LogP contribution in [0.3, 0.4) is 0 Å². The van der Waals surface area contributed by atoms with Gasteiger partial charge in [-0.2, -0.15) is 0 Å². The van der Waals surface area contributed by atoms with Gasteiger partial charge in [0.05, 0.1) is 12.7 Å². The van der Waals surface area contributed by atoms with E-state index in [4.69, 9.17) is 9.15 Å². The summed E-state index contributed by atoms with van der Waals surface area (Å²) in [5, 5.41) is 6.46. The molecular formula is C17H33IN4O2. The van der Waals surface area contributed by atoms with Crippen molar-refractivity contribution in [2.24, 2.45) is 4.99 Å². The van der Waals surface area contributed by atoms with Crippen molar-refractivity contribution in [3.63, 3.8) is 0 Å². The highest BCUT2D eigenvalue weighted by atomic mass is 127. The Hall–Kier alpha value is -0.830. The Bertz CT molecular complexity index is 469. The van der Waals surface area contributed by atoms with Crippen molar-refractivity contribution in [3.05, 3.63) is 17.8 Å². The molecular weight excluding hydrogens is 419 g/mol. The zero-order chi connectivity index (χ0) is 17.1. The van der Waals surface area contributed by atoms with Crippen molar-refractivity contribution in [2.45, 2.75) is 58.9 Å².